The maximum atomic E-state index is 12.4. The van der Waals surface area contributed by atoms with Crippen molar-refractivity contribution in [2.24, 2.45) is 11.3 Å². The number of benzene rings is 1. The van der Waals surface area contributed by atoms with Crippen LogP contribution in [0.1, 0.15) is 18.9 Å². The minimum atomic E-state index is -0.241. The van der Waals surface area contributed by atoms with Crippen molar-refractivity contribution in [1.82, 2.24) is 15.2 Å². The summed E-state index contributed by atoms with van der Waals surface area (Å²) in [5.41, 5.74) is 2.37. The largest absolute Gasteiger partial charge is 0.380 e. The fourth-order valence-corrected chi connectivity index (χ4v) is 3.76. The Kier molecular flexibility index (Phi) is 4.44. The highest BCUT2D eigenvalue weighted by atomic mass is 16.5. The van der Waals surface area contributed by atoms with Crippen LogP contribution in [-0.2, 0) is 20.7 Å². The number of nitrogens with zero attached hydrogens (tertiary/aromatic N) is 1. The molecule has 6 nitrogen and oxygen atoms in total. The Bertz CT molecular complexity index is 825. The number of likely N-dealkylation sites (tertiary alicyclic amines) is 1. The lowest BCUT2D eigenvalue weighted by Crippen LogP contribution is -2.49. The molecule has 0 unspecified atom stereocenters. The third-order valence-electron chi connectivity index (χ3n) is 5.50. The Morgan fingerprint density at radius 3 is 2.96 bits per heavy atom. The topological polar surface area (TPSA) is 74.4 Å². The fourth-order valence-electron chi connectivity index (χ4n) is 3.76. The van der Waals surface area contributed by atoms with Gasteiger partial charge in [0.05, 0.1) is 19.1 Å². The van der Waals surface area contributed by atoms with Crippen molar-refractivity contribution >= 4 is 22.7 Å². The Labute approximate surface area is 152 Å². The zero-order chi connectivity index (χ0) is 18.1. The molecular formula is C20H25N3O3. The molecule has 2 aromatic rings. The Balaban J connectivity index is 1.31. The van der Waals surface area contributed by atoms with Crippen LogP contribution in [0.3, 0.4) is 0 Å². The number of amides is 2. The summed E-state index contributed by atoms with van der Waals surface area (Å²) in [5.74, 6) is -0.181. The van der Waals surface area contributed by atoms with Gasteiger partial charge < -0.3 is 19.9 Å². The van der Waals surface area contributed by atoms with Gasteiger partial charge in [0.1, 0.15) is 0 Å². The molecule has 0 saturated carbocycles. The fraction of sp³-hybridized carbons (Fsp3) is 0.500. The Morgan fingerprint density at radius 2 is 2.19 bits per heavy atom. The molecule has 2 N–H and O–H groups in total. The van der Waals surface area contributed by atoms with Crippen molar-refractivity contribution < 1.29 is 14.3 Å². The van der Waals surface area contributed by atoms with Gasteiger partial charge in [-0.05, 0) is 18.1 Å². The minimum absolute atomic E-state index is 0.0129. The molecule has 1 atom stereocenters. The van der Waals surface area contributed by atoms with Gasteiger partial charge in [-0.15, -0.1) is 0 Å². The molecule has 2 amide bonds. The van der Waals surface area contributed by atoms with Crippen LogP contribution in [0.25, 0.3) is 10.9 Å². The van der Waals surface area contributed by atoms with Gasteiger partial charge in [0.2, 0.25) is 11.8 Å². The molecule has 1 aromatic carbocycles. The highest BCUT2D eigenvalue weighted by Crippen LogP contribution is 2.26. The summed E-state index contributed by atoms with van der Waals surface area (Å²) in [7, 11) is 0. The molecule has 0 aliphatic carbocycles. The molecule has 2 fully saturated rings. The second kappa shape index (κ2) is 6.76. The molecule has 0 spiro atoms. The number of aromatic nitrogens is 1. The summed E-state index contributed by atoms with van der Waals surface area (Å²) >= 11 is 0. The van der Waals surface area contributed by atoms with E-state index in [1.165, 1.54) is 10.9 Å². The Morgan fingerprint density at radius 1 is 1.38 bits per heavy atom. The van der Waals surface area contributed by atoms with Crippen molar-refractivity contribution in [2.75, 3.05) is 32.8 Å². The quantitative estimate of drug-likeness (QED) is 0.828. The van der Waals surface area contributed by atoms with Crippen LogP contribution in [0.4, 0.5) is 0 Å². The molecule has 1 aromatic heterocycles. The summed E-state index contributed by atoms with van der Waals surface area (Å²) in [6.07, 6.45) is 3.11. The first-order valence-corrected chi connectivity index (χ1v) is 9.22. The molecule has 138 valence electrons. The first-order valence-electron chi connectivity index (χ1n) is 9.22. The van der Waals surface area contributed by atoms with Crippen LogP contribution in [0, 0.1) is 11.3 Å². The van der Waals surface area contributed by atoms with Crippen molar-refractivity contribution in [3.8, 4) is 0 Å². The molecule has 4 rings (SSSR count). The van der Waals surface area contributed by atoms with Crippen molar-refractivity contribution in [1.29, 1.82) is 0 Å². The predicted molar refractivity (Wildman–Crippen MR) is 98.6 cm³/mol. The first-order chi connectivity index (χ1) is 12.5. The predicted octanol–water partition coefficient (Wildman–Crippen LogP) is 1.71. The van der Waals surface area contributed by atoms with Crippen LogP contribution < -0.4 is 5.32 Å². The molecule has 2 aliphatic heterocycles. The number of carbonyl (C=O) groups is 2. The van der Waals surface area contributed by atoms with E-state index in [9.17, 15) is 9.59 Å². The molecule has 6 heteroatoms. The third-order valence-corrected chi connectivity index (χ3v) is 5.50. The lowest BCUT2D eigenvalue weighted by molar-refractivity contribution is -0.131. The lowest BCUT2D eigenvalue weighted by atomic mass is 9.88. The summed E-state index contributed by atoms with van der Waals surface area (Å²) < 4.78 is 5.21. The second-order valence-corrected chi connectivity index (χ2v) is 7.87. The van der Waals surface area contributed by atoms with Crippen LogP contribution in [0.15, 0.2) is 30.5 Å². The van der Waals surface area contributed by atoms with Crippen molar-refractivity contribution in [2.45, 2.75) is 19.8 Å². The van der Waals surface area contributed by atoms with E-state index in [0.29, 0.717) is 39.3 Å². The highest BCUT2D eigenvalue weighted by molar-refractivity contribution is 5.89. The number of hydrogen-bond donors (Lipinski definition) is 2. The monoisotopic (exact) mass is 355 g/mol. The lowest BCUT2D eigenvalue weighted by Gasteiger charge is -2.38. The first kappa shape index (κ1) is 17.1. The summed E-state index contributed by atoms with van der Waals surface area (Å²) in [6.45, 7) is 5.26. The van der Waals surface area contributed by atoms with Gasteiger partial charge in [0, 0.05) is 48.6 Å². The third kappa shape index (κ3) is 3.33. The van der Waals surface area contributed by atoms with Crippen LogP contribution in [0.5, 0.6) is 0 Å². The molecule has 2 saturated heterocycles. The van der Waals surface area contributed by atoms with Gasteiger partial charge in [0.25, 0.3) is 0 Å². The SMILES string of the molecule is CC1(CNC(=O)[C@@H]2CC(=O)N(CCc3c[nH]c4ccccc34)C2)COC1. The van der Waals surface area contributed by atoms with E-state index >= 15 is 0 Å². The summed E-state index contributed by atoms with van der Waals surface area (Å²) in [4.78, 5) is 29.8. The second-order valence-electron chi connectivity index (χ2n) is 7.87. The maximum Gasteiger partial charge on any atom is 0.225 e. The number of fused-ring (bicyclic) bond motifs is 1. The van der Waals surface area contributed by atoms with Crippen LogP contribution >= 0.6 is 0 Å². The van der Waals surface area contributed by atoms with Gasteiger partial charge in [-0.2, -0.15) is 0 Å². The zero-order valence-electron chi connectivity index (χ0n) is 15.1. The van der Waals surface area contributed by atoms with Gasteiger partial charge in [-0.25, -0.2) is 0 Å². The van der Waals surface area contributed by atoms with Crippen LogP contribution in [0.2, 0.25) is 0 Å². The van der Waals surface area contributed by atoms with Crippen LogP contribution in [-0.4, -0.2) is 54.5 Å². The van der Waals surface area contributed by atoms with E-state index in [4.69, 9.17) is 4.74 Å². The van der Waals surface area contributed by atoms with E-state index in [0.717, 1.165) is 11.9 Å². The number of nitrogens with one attached hydrogen (secondary N) is 2. The maximum absolute atomic E-state index is 12.4. The molecule has 3 heterocycles. The summed E-state index contributed by atoms with van der Waals surface area (Å²) in [6, 6.07) is 8.17. The minimum Gasteiger partial charge on any atom is -0.380 e. The number of carbonyl (C=O) groups excluding carboxylic acids is 2. The van der Waals surface area contributed by atoms with E-state index in [2.05, 4.69) is 23.3 Å². The average molecular weight is 355 g/mol. The average Bonchev–Trinajstić information content (AvgIpc) is 3.20. The van der Waals surface area contributed by atoms with Gasteiger partial charge in [-0.1, -0.05) is 25.1 Å². The molecular weight excluding hydrogens is 330 g/mol. The zero-order valence-corrected chi connectivity index (χ0v) is 15.1. The Hall–Kier alpha value is -2.34. The number of H-pyrrole nitrogens is 1. The number of para-hydroxylation sites is 1. The highest BCUT2D eigenvalue weighted by Gasteiger charge is 2.37. The van der Waals surface area contributed by atoms with Gasteiger partial charge >= 0.3 is 0 Å². The van der Waals surface area contributed by atoms with Crippen molar-refractivity contribution in [3.63, 3.8) is 0 Å². The summed E-state index contributed by atoms with van der Waals surface area (Å²) in [5, 5.41) is 4.20. The number of rotatable bonds is 6. The van der Waals surface area contributed by atoms with E-state index < -0.39 is 0 Å². The van der Waals surface area contributed by atoms with E-state index in [-0.39, 0.29) is 23.1 Å². The molecule has 0 bridgehead atoms. The number of hydrogen-bond acceptors (Lipinski definition) is 3. The molecule has 2 aliphatic rings. The van der Waals surface area contributed by atoms with Gasteiger partial charge in [-0.3, -0.25) is 9.59 Å². The molecule has 26 heavy (non-hydrogen) atoms. The number of aromatic amines is 1. The number of ether oxygens (including phenoxy) is 1. The van der Waals surface area contributed by atoms with Gasteiger partial charge in [0.15, 0.2) is 0 Å². The standard InChI is InChI=1S/C20H25N3O3/c1-20(12-26-13-20)11-22-19(25)15-8-18(24)23(10-15)7-6-14-9-21-17-5-3-2-4-16(14)17/h2-5,9,15,21H,6-8,10-13H2,1H3,(H,22,25)/t15-/m1/s1. The smallest absolute Gasteiger partial charge is 0.225 e. The van der Waals surface area contributed by atoms with Crippen molar-refractivity contribution in [3.05, 3.63) is 36.0 Å². The van der Waals surface area contributed by atoms with E-state index in [1.54, 1.807) is 0 Å². The van der Waals surface area contributed by atoms with E-state index in [1.807, 2.05) is 29.3 Å². The normalized spacial score (nSPS) is 21.8. The molecule has 0 radical (unpaired) electrons.